The minimum atomic E-state index is -0.162. The standard InChI is InChI=1S/C11H16N2O/c1-4-5-10(7-6-9(2)3)11(14)8-13-12/h4,6,8,10H,1,5,7H2,2-3H3/t10-/m0/s1. The van der Waals surface area contributed by atoms with Crippen LogP contribution in [0.25, 0.3) is 5.53 Å². The van der Waals surface area contributed by atoms with E-state index in [1.807, 2.05) is 19.9 Å². The number of Topliss-reactive ketones (excluding diaryl/α,β-unsaturated/α-hetero) is 1. The minimum Gasteiger partial charge on any atom is -0.361 e. The summed E-state index contributed by atoms with van der Waals surface area (Å²) in [6, 6.07) is 0. The van der Waals surface area contributed by atoms with Crippen molar-refractivity contribution in [3.8, 4) is 0 Å². The predicted molar refractivity (Wildman–Crippen MR) is 57.0 cm³/mol. The van der Waals surface area contributed by atoms with E-state index in [1.165, 1.54) is 5.57 Å². The molecule has 14 heavy (non-hydrogen) atoms. The van der Waals surface area contributed by atoms with Crippen LogP contribution in [0.1, 0.15) is 26.7 Å². The Balaban J connectivity index is 4.42. The molecule has 1 atom stereocenters. The summed E-state index contributed by atoms with van der Waals surface area (Å²) in [7, 11) is 0. The Bertz CT molecular complexity index is 282. The van der Waals surface area contributed by atoms with Crippen molar-refractivity contribution in [2.45, 2.75) is 26.7 Å². The first-order chi connectivity index (χ1) is 6.61. The third-order valence-electron chi connectivity index (χ3n) is 1.85. The molecule has 0 amide bonds. The van der Waals surface area contributed by atoms with Crippen LogP contribution in [-0.4, -0.2) is 16.8 Å². The zero-order chi connectivity index (χ0) is 11.0. The quantitative estimate of drug-likeness (QED) is 0.276. The van der Waals surface area contributed by atoms with Crippen LogP contribution in [0.2, 0.25) is 0 Å². The average molecular weight is 192 g/mol. The fourth-order valence-electron chi connectivity index (χ4n) is 1.07. The van der Waals surface area contributed by atoms with E-state index in [9.17, 15) is 4.79 Å². The lowest BCUT2D eigenvalue weighted by Crippen LogP contribution is -2.14. The maximum absolute atomic E-state index is 11.4. The van der Waals surface area contributed by atoms with Gasteiger partial charge in [-0.15, -0.1) is 6.58 Å². The van der Waals surface area contributed by atoms with Gasteiger partial charge in [-0.05, 0) is 26.7 Å². The van der Waals surface area contributed by atoms with E-state index in [-0.39, 0.29) is 11.7 Å². The Kier molecular flexibility index (Phi) is 6.25. The lowest BCUT2D eigenvalue weighted by atomic mass is 9.96. The first-order valence-electron chi connectivity index (χ1n) is 4.57. The number of allylic oxidation sites excluding steroid dienone is 3. The van der Waals surface area contributed by atoms with Crippen LogP contribution in [0, 0.1) is 5.92 Å². The average Bonchev–Trinajstić information content (AvgIpc) is 2.12. The van der Waals surface area contributed by atoms with Crippen molar-refractivity contribution in [3.05, 3.63) is 29.8 Å². The summed E-state index contributed by atoms with van der Waals surface area (Å²) in [4.78, 5) is 14.1. The van der Waals surface area contributed by atoms with Crippen molar-refractivity contribution in [1.82, 2.24) is 0 Å². The summed E-state index contributed by atoms with van der Waals surface area (Å²) >= 11 is 0. The van der Waals surface area contributed by atoms with Crippen LogP contribution in [0.4, 0.5) is 0 Å². The van der Waals surface area contributed by atoms with Gasteiger partial charge in [0, 0.05) is 5.92 Å². The molecule has 0 fully saturated rings. The highest BCUT2D eigenvalue weighted by Crippen LogP contribution is 2.11. The maximum Gasteiger partial charge on any atom is 0.323 e. The molecule has 76 valence electrons. The molecule has 0 aromatic rings. The molecule has 0 heterocycles. The first-order valence-corrected chi connectivity index (χ1v) is 4.57. The second-order valence-corrected chi connectivity index (χ2v) is 3.39. The van der Waals surface area contributed by atoms with Gasteiger partial charge in [-0.2, -0.15) is 4.79 Å². The van der Waals surface area contributed by atoms with Crippen molar-refractivity contribution in [2.75, 3.05) is 0 Å². The predicted octanol–water partition coefficient (Wildman–Crippen LogP) is 2.40. The van der Waals surface area contributed by atoms with Crippen molar-refractivity contribution >= 4 is 12.0 Å². The zero-order valence-electron chi connectivity index (χ0n) is 8.73. The largest absolute Gasteiger partial charge is 0.361 e. The Morgan fingerprint density at radius 1 is 1.50 bits per heavy atom. The number of carbonyl (C=O) groups excluding carboxylic acids is 1. The van der Waals surface area contributed by atoms with E-state index in [0.717, 1.165) is 6.21 Å². The summed E-state index contributed by atoms with van der Waals surface area (Å²) < 4.78 is 0. The van der Waals surface area contributed by atoms with E-state index in [2.05, 4.69) is 11.4 Å². The molecule has 0 radical (unpaired) electrons. The van der Waals surface area contributed by atoms with E-state index < -0.39 is 0 Å². The van der Waals surface area contributed by atoms with Gasteiger partial charge in [-0.3, -0.25) is 4.79 Å². The zero-order valence-corrected chi connectivity index (χ0v) is 8.73. The van der Waals surface area contributed by atoms with Gasteiger partial charge in [0.25, 0.3) is 0 Å². The fraction of sp³-hybridized carbons (Fsp3) is 0.455. The topological polar surface area (TPSA) is 53.5 Å². The summed E-state index contributed by atoms with van der Waals surface area (Å²) in [5.41, 5.74) is 9.41. The highest BCUT2D eigenvalue weighted by Gasteiger charge is 2.16. The maximum atomic E-state index is 11.4. The number of ketones is 1. The van der Waals surface area contributed by atoms with Crippen molar-refractivity contribution in [2.24, 2.45) is 5.92 Å². The number of carbonyl (C=O) groups is 1. The third-order valence-corrected chi connectivity index (χ3v) is 1.85. The second kappa shape index (κ2) is 6.98. The molecular formula is C11H16N2O. The Morgan fingerprint density at radius 2 is 2.14 bits per heavy atom. The lowest BCUT2D eigenvalue weighted by molar-refractivity contribution is -0.119. The smallest absolute Gasteiger partial charge is 0.323 e. The van der Waals surface area contributed by atoms with Crippen LogP contribution in [0.15, 0.2) is 24.3 Å². The van der Waals surface area contributed by atoms with E-state index >= 15 is 0 Å². The molecular weight excluding hydrogens is 176 g/mol. The molecule has 0 aromatic carbocycles. The molecule has 0 aliphatic rings. The van der Waals surface area contributed by atoms with Gasteiger partial charge >= 0.3 is 6.21 Å². The summed E-state index contributed by atoms with van der Waals surface area (Å²) in [6.07, 6.45) is 5.92. The summed E-state index contributed by atoms with van der Waals surface area (Å²) in [5, 5.41) is 0. The highest BCUT2D eigenvalue weighted by atomic mass is 16.1. The molecule has 3 heteroatoms. The molecule has 0 aliphatic heterocycles. The van der Waals surface area contributed by atoms with Crippen LogP contribution in [0.5, 0.6) is 0 Å². The Morgan fingerprint density at radius 3 is 2.57 bits per heavy atom. The first kappa shape index (κ1) is 12.5. The fourth-order valence-corrected chi connectivity index (χ4v) is 1.07. The summed E-state index contributed by atoms with van der Waals surface area (Å²) in [5.74, 6) is -0.316. The molecule has 0 spiro atoms. The van der Waals surface area contributed by atoms with Gasteiger partial charge in [0.2, 0.25) is 5.78 Å². The van der Waals surface area contributed by atoms with Gasteiger partial charge < -0.3 is 5.53 Å². The van der Waals surface area contributed by atoms with Gasteiger partial charge in [0.05, 0.1) is 0 Å². The SMILES string of the molecule is C=CC[C@@H](CC=C(C)C)C(=O)C=[N+]=[N-]. The molecule has 0 unspecified atom stereocenters. The van der Waals surface area contributed by atoms with Crippen molar-refractivity contribution in [3.63, 3.8) is 0 Å². The van der Waals surface area contributed by atoms with Crippen molar-refractivity contribution < 1.29 is 9.58 Å². The number of hydrogen-bond donors (Lipinski definition) is 0. The number of hydrogen-bond acceptors (Lipinski definition) is 1. The number of nitrogens with zero attached hydrogens (tertiary/aromatic N) is 2. The molecule has 0 aliphatic carbocycles. The van der Waals surface area contributed by atoms with Gasteiger partial charge in [0.15, 0.2) is 0 Å². The van der Waals surface area contributed by atoms with Gasteiger partial charge in [-0.1, -0.05) is 17.7 Å². The van der Waals surface area contributed by atoms with Crippen LogP contribution in [0.3, 0.4) is 0 Å². The van der Waals surface area contributed by atoms with Crippen molar-refractivity contribution in [1.29, 1.82) is 0 Å². The third kappa shape index (κ3) is 5.22. The Hall–Kier alpha value is -1.47. The van der Waals surface area contributed by atoms with Gasteiger partial charge in [-0.25, -0.2) is 0 Å². The van der Waals surface area contributed by atoms with E-state index in [4.69, 9.17) is 5.53 Å². The molecule has 0 saturated heterocycles. The molecule has 3 nitrogen and oxygen atoms in total. The Labute approximate surface area is 84.8 Å². The highest BCUT2D eigenvalue weighted by molar-refractivity contribution is 6.26. The second-order valence-electron chi connectivity index (χ2n) is 3.39. The molecule has 0 N–H and O–H groups in total. The normalized spacial score (nSPS) is 11.0. The molecule has 0 rings (SSSR count). The molecule has 0 aromatic heterocycles. The van der Waals surface area contributed by atoms with E-state index in [0.29, 0.717) is 12.8 Å². The minimum absolute atomic E-state index is 0.154. The van der Waals surface area contributed by atoms with Crippen LogP contribution < -0.4 is 0 Å². The lowest BCUT2D eigenvalue weighted by Gasteiger charge is -2.05. The molecule has 0 bridgehead atoms. The van der Waals surface area contributed by atoms with Crippen LogP contribution in [-0.2, 0) is 4.79 Å². The van der Waals surface area contributed by atoms with Crippen LogP contribution >= 0.6 is 0 Å². The molecule has 0 saturated carbocycles. The van der Waals surface area contributed by atoms with Gasteiger partial charge in [0.1, 0.15) is 0 Å². The van der Waals surface area contributed by atoms with E-state index in [1.54, 1.807) is 6.08 Å². The summed E-state index contributed by atoms with van der Waals surface area (Å²) in [6.45, 7) is 7.55. The monoisotopic (exact) mass is 192 g/mol. The number of rotatable bonds is 6.